The number of hydrogen-bond acceptors (Lipinski definition) is 2. The fourth-order valence-corrected chi connectivity index (χ4v) is 3.11. The van der Waals surface area contributed by atoms with Gasteiger partial charge in [0.15, 0.2) is 0 Å². The molecule has 0 heterocycles. The number of rotatable bonds is 5. The third kappa shape index (κ3) is 4.69. The van der Waals surface area contributed by atoms with E-state index in [4.69, 9.17) is 11.6 Å². The Hall–Kier alpha value is -1.65. The number of carbonyl (C=O) groups excluding carboxylic acids is 1. The van der Waals surface area contributed by atoms with E-state index in [0.29, 0.717) is 10.8 Å². The first-order chi connectivity index (χ1) is 10.1. The number of para-hydroxylation sites is 1. The molecule has 1 amide bonds. The third-order valence-corrected chi connectivity index (χ3v) is 4.52. The van der Waals surface area contributed by atoms with E-state index in [1.807, 2.05) is 42.5 Å². The van der Waals surface area contributed by atoms with Crippen LogP contribution in [-0.4, -0.2) is 22.9 Å². The second-order valence-electron chi connectivity index (χ2n) is 4.64. The van der Waals surface area contributed by atoms with Crippen LogP contribution in [0.15, 0.2) is 54.6 Å². The zero-order valence-electron chi connectivity index (χ0n) is 11.7. The van der Waals surface area contributed by atoms with E-state index >= 15 is 0 Å². The van der Waals surface area contributed by atoms with Crippen molar-refractivity contribution in [2.45, 2.75) is 5.75 Å². The van der Waals surface area contributed by atoms with Gasteiger partial charge < -0.3 is 4.90 Å². The predicted molar refractivity (Wildman–Crippen MR) is 88.0 cm³/mol. The summed E-state index contributed by atoms with van der Waals surface area (Å²) in [7, 11) is 0.455. The van der Waals surface area contributed by atoms with Crippen molar-refractivity contribution in [2.75, 3.05) is 17.7 Å². The first-order valence-electron chi connectivity index (χ1n) is 6.47. The Kier molecular flexibility index (Phi) is 5.53. The van der Waals surface area contributed by atoms with Crippen LogP contribution in [0.3, 0.4) is 0 Å². The summed E-state index contributed by atoms with van der Waals surface area (Å²) < 4.78 is 12.1. The van der Waals surface area contributed by atoms with E-state index < -0.39 is 10.8 Å². The minimum atomic E-state index is -1.24. The number of benzene rings is 2. The second-order valence-corrected chi connectivity index (χ2v) is 6.54. The number of halogens is 1. The molecule has 1 atom stereocenters. The summed E-state index contributed by atoms with van der Waals surface area (Å²) in [5, 5.41) is 0.643. The van der Waals surface area contributed by atoms with Crippen LogP contribution in [0.25, 0.3) is 0 Å². The van der Waals surface area contributed by atoms with Crippen LogP contribution in [-0.2, 0) is 21.3 Å². The molecule has 21 heavy (non-hydrogen) atoms. The minimum Gasteiger partial charge on any atom is -0.315 e. The van der Waals surface area contributed by atoms with Gasteiger partial charge in [0.1, 0.15) is 5.75 Å². The van der Waals surface area contributed by atoms with Gasteiger partial charge >= 0.3 is 0 Å². The molecular formula is C16H16ClNO2S. The number of amides is 1. The maximum atomic E-state index is 12.1. The minimum absolute atomic E-state index is 0.00796. The molecule has 2 aromatic carbocycles. The maximum absolute atomic E-state index is 12.1. The molecule has 0 N–H and O–H groups in total. The molecule has 0 saturated carbocycles. The van der Waals surface area contributed by atoms with Gasteiger partial charge in [-0.3, -0.25) is 9.00 Å². The van der Waals surface area contributed by atoms with Crippen molar-refractivity contribution in [2.24, 2.45) is 0 Å². The quantitative estimate of drug-likeness (QED) is 0.847. The number of carbonyl (C=O) groups is 1. The summed E-state index contributed by atoms with van der Waals surface area (Å²) in [5.41, 5.74) is 1.71. The van der Waals surface area contributed by atoms with Gasteiger partial charge in [-0.25, -0.2) is 0 Å². The van der Waals surface area contributed by atoms with Crippen molar-refractivity contribution in [3.63, 3.8) is 0 Å². The number of anilines is 1. The van der Waals surface area contributed by atoms with Crippen LogP contribution in [0.2, 0.25) is 5.02 Å². The molecule has 3 nitrogen and oxygen atoms in total. The Bertz CT molecular complexity index is 628. The van der Waals surface area contributed by atoms with Crippen molar-refractivity contribution in [1.29, 1.82) is 0 Å². The molecule has 0 spiro atoms. The Balaban J connectivity index is 1.93. The molecule has 0 aliphatic rings. The lowest BCUT2D eigenvalue weighted by molar-refractivity contribution is -0.115. The summed E-state index contributed by atoms with van der Waals surface area (Å²) in [6, 6.07) is 16.5. The Morgan fingerprint density at radius 1 is 1.10 bits per heavy atom. The standard InChI is InChI=1S/C16H16ClNO2S/c1-18(15-5-3-2-4-6-15)16(19)12-21(20)11-13-7-9-14(17)10-8-13/h2-10H,11-12H2,1H3/t21-/m1/s1. The molecule has 0 aromatic heterocycles. The third-order valence-electron chi connectivity index (χ3n) is 3.04. The maximum Gasteiger partial charge on any atom is 0.239 e. The molecular weight excluding hydrogens is 306 g/mol. The Morgan fingerprint density at radius 3 is 2.33 bits per heavy atom. The van der Waals surface area contributed by atoms with Crippen LogP contribution in [0.4, 0.5) is 5.69 Å². The highest BCUT2D eigenvalue weighted by molar-refractivity contribution is 7.84. The average Bonchev–Trinajstić information content (AvgIpc) is 2.49. The molecule has 0 aliphatic carbocycles. The van der Waals surface area contributed by atoms with Crippen LogP contribution in [0.1, 0.15) is 5.56 Å². The Morgan fingerprint density at radius 2 is 1.71 bits per heavy atom. The fraction of sp³-hybridized carbons (Fsp3) is 0.188. The van der Waals surface area contributed by atoms with Crippen molar-refractivity contribution in [3.05, 3.63) is 65.2 Å². The van der Waals surface area contributed by atoms with E-state index in [9.17, 15) is 9.00 Å². The molecule has 0 aliphatic heterocycles. The molecule has 0 unspecified atom stereocenters. The fourth-order valence-electron chi connectivity index (χ4n) is 1.85. The van der Waals surface area contributed by atoms with Crippen LogP contribution in [0, 0.1) is 0 Å². The highest BCUT2D eigenvalue weighted by atomic mass is 35.5. The van der Waals surface area contributed by atoms with Gasteiger partial charge in [-0.2, -0.15) is 0 Å². The molecule has 2 aromatic rings. The average molecular weight is 322 g/mol. The predicted octanol–water partition coefficient (Wildman–Crippen LogP) is 3.25. The first-order valence-corrected chi connectivity index (χ1v) is 8.34. The van der Waals surface area contributed by atoms with Crippen molar-refractivity contribution < 1.29 is 9.00 Å². The van der Waals surface area contributed by atoms with E-state index in [-0.39, 0.29) is 11.7 Å². The molecule has 0 fully saturated rings. The van der Waals surface area contributed by atoms with Crippen LogP contribution < -0.4 is 4.90 Å². The monoisotopic (exact) mass is 321 g/mol. The molecule has 2 rings (SSSR count). The molecule has 0 saturated heterocycles. The van der Waals surface area contributed by atoms with Crippen molar-refractivity contribution >= 4 is 34.0 Å². The van der Waals surface area contributed by atoms with Gasteiger partial charge in [-0.05, 0) is 29.8 Å². The van der Waals surface area contributed by atoms with Gasteiger partial charge in [0, 0.05) is 34.3 Å². The highest BCUT2D eigenvalue weighted by Crippen LogP contribution is 2.13. The number of hydrogen-bond donors (Lipinski definition) is 0. The number of nitrogens with zero attached hydrogens (tertiary/aromatic N) is 1. The van der Waals surface area contributed by atoms with E-state index in [2.05, 4.69) is 0 Å². The molecule has 110 valence electrons. The van der Waals surface area contributed by atoms with Crippen LogP contribution >= 0.6 is 11.6 Å². The molecule has 5 heteroatoms. The lowest BCUT2D eigenvalue weighted by Gasteiger charge is -2.16. The zero-order valence-corrected chi connectivity index (χ0v) is 13.2. The van der Waals surface area contributed by atoms with Gasteiger partial charge in [-0.1, -0.05) is 41.9 Å². The van der Waals surface area contributed by atoms with E-state index in [0.717, 1.165) is 11.3 Å². The van der Waals surface area contributed by atoms with Crippen LogP contribution in [0.5, 0.6) is 0 Å². The Labute approximate surface area is 132 Å². The van der Waals surface area contributed by atoms with Gasteiger partial charge in [-0.15, -0.1) is 0 Å². The summed E-state index contributed by atoms with van der Waals surface area (Å²) in [4.78, 5) is 13.6. The van der Waals surface area contributed by atoms with E-state index in [1.165, 1.54) is 4.90 Å². The first kappa shape index (κ1) is 15.7. The largest absolute Gasteiger partial charge is 0.315 e. The zero-order chi connectivity index (χ0) is 15.2. The van der Waals surface area contributed by atoms with Gasteiger partial charge in [0.05, 0.1) is 0 Å². The van der Waals surface area contributed by atoms with Crippen molar-refractivity contribution in [3.8, 4) is 0 Å². The van der Waals surface area contributed by atoms with Crippen molar-refractivity contribution in [1.82, 2.24) is 0 Å². The summed E-state index contributed by atoms with van der Waals surface area (Å²) in [6.07, 6.45) is 0. The highest BCUT2D eigenvalue weighted by Gasteiger charge is 2.14. The summed E-state index contributed by atoms with van der Waals surface area (Å²) >= 11 is 5.81. The topological polar surface area (TPSA) is 37.4 Å². The second kappa shape index (κ2) is 7.38. The smallest absolute Gasteiger partial charge is 0.239 e. The summed E-state index contributed by atoms with van der Waals surface area (Å²) in [5.74, 6) is 0.202. The van der Waals surface area contributed by atoms with E-state index in [1.54, 1.807) is 19.2 Å². The SMILES string of the molecule is CN(C(=O)C[S@](=O)Cc1ccc(Cl)cc1)c1ccccc1. The molecule has 0 radical (unpaired) electrons. The lowest BCUT2D eigenvalue weighted by atomic mass is 10.2. The molecule has 0 bridgehead atoms. The lowest BCUT2D eigenvalue weighted by Crippen LogP contribution is -2.30. The normalized spacial score (nSPS) is 11.9. The van der Waals surface area contributed by atoms with Gasteiger partial charge in [0.2, 0.25) is 5.91 Å². The summed E-state index contributed by atoms with van der Waals surface area (Å²) in [6.45, 7) is 0. The van der Waals surface area contributed by atoms with Gasteiger partial charge in [0.25, 0.3) is 0 Å².